The molecule has 0 atom stereocenters. The van der Waals surface area contributed by atoms with Crippen molar-refractivity contribution in [3.63, 3.8) is 0 Å². The van der Waals surface area contributed by atoms with Gasteiger partial charge in [-0.05, 0) is 12.1 Å². The van der Waals surface area contributed by atoms with Gasteiger partial charge in [0, 0.05) is 22.9 Å². The summed E-state index contributed by atoms with van der Waals surface area (Å²) < 4.78 is 5.36. The topological polar surface area (TPSA) is 116 Å². The average molecular weight is 429 g/mol. The van der Waals surface area contributed by atoms with Gasteiger partial charge in [-0.25, -0.2) is 9.97 Å². The van der Waals surface area contributed by atoms with Gasteiger partial charge < -0.3 is 9.73 Å². The molecule has 0 saturated carbocycles. The summed E-state index contributed by atoms with van der Waals surface area (Å²) >= 11 is 7.35. The van der Waals surface area contributed by atoms with Gasteiger partial charge >= 0.3 is 0 Å². The van der Waals surface area contributed by atoms with E-state index in [9.17, 15) is 9.59 Å². The average Bonchev–Trinajstić information content (AvgIpc) is 3.42. The van der Waals surface area contributed by atoms with E-state index in [1.165, 1.54) is 35.6 Å². The van der Waals surface area contributed by atoms with Crippen molar-refractivity contribution in [1.29, 1.82) is 0 Å². The van der Waals surface area contributed by atoms with Crippen LogP contribution in [0.2, 0.25) is 5.02 Å². The van der Waals surface area contributed by atoms with Crippen LogP contribution in [0.5, 0.6) is 0 Å². The van der Waals surface area contributed by atoms with E-state index in [2.05, 4.69) is 25.5 Å². The van der Waals surface area contributed by atoms with Crippen LogP contribution in [0.25, 0.3) is 11.3 Å². The number of carbonyl (C=O) groups excluding carboxylic acids is 2. The van der Waals surface area contributed by atoms with E-state index < -0.39 is 5.91 Å². The standard InChI is InChI=1S/C18H13ClN6O3S/c1-10(26)13-8-29-15(22-13)7-25-21-6-14(24-25)23-18(27)16-17(28-9-20-16)11-3-2-4-12(19)5-11/h2-6,8-9H,7H2,1H3,(H,23,24,27). The number of nitrogens with zero attached hydrogens (tertiary/aromatic N) is 5. The molecule has 1 N–H and O–H groups in total. The van der Waals surface area contributed by atoms with Crippen LogP contribution in [0.3, 0.4) is 0 Å². The number of oxazole rings is 1. The van der Waals surface area contributed by atoms with Gasteiger partial charge in [0.2, 0.25) is 0 Å². The highest BCUT2D eigenvalue weighted by Crippen LogP contribution is 2.26. The fraction of sp³-hybridized carbons (Fsp3) is 0.111. The number of aromatic nitrogens is 5. The Morgan fingerprint density at radius 1 is 1.34 bits per heavy atom. The molecular formula is C18H13ClN6O3S. The predicted octanol–water partition coefficient (Wildman–Crippen LogP) is 3.55. The van der Waals surface area contributed by atoms with Crippen molar-refractivity contribution in [3.05, 3.63) is 63.7 Å². The van der Waals surface area contributed by atoms with E-state index in [1.54, 1.807) is 29.6 Å². The fourth-order valence-electron chi connectivity index (χ4n) is 2.51. The highest BCUT2D eigenvalue weighted by molar-refractivity contribution is 7.09. The minimum atomic E-state index is -0.492. The number of anilines is 1. The molecule has 0 aliphatic carbocycles. The molecule has 146 valence electrons. The van der Waals surface area contributed by atoms with Crippen LogP contribution >= 0.6 is 22.9 Å². The molecule has 4 aromatic rings. The lowest BCUT2D eigenvalue weighted by Crippen LogP contribution is -2.14. The maximum absolute atomic E-state index is 12.6. The number of halogens is 1. The van der Waals surface area contributed by atoms with E-state index in [0.717, 1.165) is 0 Å². The monoisotopic (exact) mass is 428 g/mol. The zero-order chi connectivity index (χ0) is 20.4. The van der Waals surface area contributed by atoms with E-state index in [0.29, 0.717) is 27.0 Å². The van der Waals surface area contributed by atoms with Gasteiger partial charge in [-0.1, -0.05) is 23.7 Å². The van der Waals surface area contributed by atoms with Crippen molar-refractivity contribution >= 4 is 40.4 Å². The lowest BCUT2D eigenvalue weighted by atomic mass is 10.1. The van der Waals surface area contributed by atoms with Crippen LogP contribution in [0.4, 0.5) is 5.82 Å². The number of nitrogens with one attached hydrogen (secondary N) is 1. The zero-order valence-corrected chi connectivity index (χ0v) is 16.6. The third-order valence-electron chi connectivity index (χ3n) is 3.84. The van der Waals surface area contributed by atoms with Crippen LogP contribution in [0.15, 0.2) is 46.7 Å². The van der Waals surface area contributed by atoms with Crippen molar-refractivity contribution in [1.82, 2.24) is 25.0 Å². The molecule has 1 amide bonds. The molecule has 3 aromatic heterocycles. The minimum absolute atomic E-state index is 0.100. The summed E-state index contributed by atoms with van der Waals surface area (Å²) in [5.41, 5.74) is 1.15. The maximum Gasteiger partial charge on any atom is 0.279 e. The summed E-state index contributed by atoms with van der Waals surface area (Å²) in [4.78, 5) is 33.5. The van der Waals surface area contributed by atoms with Crippen LogP contribution in [0.1, 0.15) is 32.9 Å². The molecule has 0 saturated heterocycles. The lowest BCUT2D eigenvalue weighted by molar-refractivity contribution is 0.100. The molecule has 0 aliphatic heterocycles. The third-order valence-corrected chi connectivity index (χ3v) is 4.91. The molecule has 1 aromatic carbocycles. The van der Waals surface area contributed by atoms with Gasteiger partial charge in [0.1, 0.15) is 17.2 Å². The van der Waals surface area contributed by atoms with Crippen molar-refractivity contribution in [2.75, 3.05) is 5.32 Å². The first kappa shape index (κ1) is 19.0. The molecule has 0 radical (unpaired) electrons. The number of thiazole rings is 1. The van der Waals surface area contributed by atoms with Gasteiger partial charge in [0.15, 0.2) is 29.4 Å². The number of Topliss-reactive ketones (excluding diaryl/α,β-unsaturated/α-hetero) is 1. The second-order valence-electron chi connectivity index (χ2n) is 5.94. The lowest BCUT2D eigenvalue weighted by Gasteiger charge is -2.02. The quantitative estimate of drug-likeness (QED) is 0.467. The Morgan fingerprint density at radius 3 is 2.97 bits per heavy atom. The first-order valence-corrected chi connectivity index (χ1v) is 9.61. The normalized spacial score (nSPS) is 10.8. The van der Waals surface area contributed by atoms with Crippen LogP contribution in [-0.4, -0.2) is 36.7 Å². The molecule has 29 heavy (non-hydrogen) atoms. The number of hydrogen-bond donors (Lipinski definition) is 1. The van der Waals surface area contributed by atoms with Gasteiger partial charge in [-0.2, -0.15) is 9.90 Å². The van der Waals surface area contributed by atoms with Crippen molar-refractivity contribution in [2.24, 2.45) is 0 Å². The first-order valence-electron chi connectivity index (χ1n) is 8.36. The Morgan fingerprint density at radius 2 is 2.21 bits per heavy atom. The summed E-state index contributed by atoms with van der Waals surface area (Å²) in [5, 5.41) is 13.8. The second kappa shape index (κ2) is 7.94. The molecule has 0 bridgehead atoms. The molecule has 9 nitrogen and oxygen atoms in total. The highest BCUT2D eigenvalue weighted by atomic mass is 35.5. The molecule has 0 fully saturated rings. The number of carbonyl (C=O) groups is 2. The van der Waals surface area contributed by atoms with E-state index >= 15 is 0 Å². The predicted molar refractivity (Wildman–Crippen MR) is 106 cm³/mol. The maximum atomic E-state index is 12.6. The molecule has 0 spiro atoms. The summed E-state index contributed by atoms with van der Waals surface area (Å²) in [7, 11) is 0. The second-order valence-corrected chi connectivity index (χ2v) is 7.32. The summed E-state index contributed by atoms with van der Waals surface area (Å²) in [6.07, 6.45) is 2.60. The highest BCUT2D eigenvalue weighted by Gasteiger charge is 2.20. The fourth-order valence-corrected chi connectivity index (χ4v) is 3.51. The molecule has 4 rings (SSSR count). The van der Waals surface area contributed by atoms with Crippen LogP contribution < -0.4 is 5.32 Å². The van der Waals surface area contributed by atoms with Gasteiger partial charge in [0.25, 0.3) is 5.91 Å². The summed E-state index contributed by atoms with van der Waals surface area (Å²) in [5.74, 6) is -0.0405. The molecule has 11 heteroatoms. The number of ketones is 1. The zero-order valence-electron chi connectivity index (χ0n) is 15.0. The molecular weight excluding hydrogens is 416 g/mol. The number of benzene rings is 1. The Labute approximate surface area is 173 Å². The van der Waals surface area contributed by atoms with Crippen molar-refractivity contribution < 1.29 is 14.0 Å². The van der Waals surface area contributed by atoms with Crippen molar-refractivity contribution in [3.8, 4) is 11.3 Å². The minimum Gasteiger partial charge on any atom is -0.443 e. The number of hydrogen-bond acceptors (Lipinski definition) is 8. The van der Waals surface area contributed by atoms with E-state index in [4.69, 9.17) is 16.0 Å². The number of rotatable bonds is 6. The first-order chi connectivity index (χ1) is 14.0. The third kappa shape index (κ3) is 4.23. The Balaban J connectivity index is 1.47. The number of amides is 1. The Kier molecular flexibility index (Phi) is 5.19. The van der Waals surface area contributed by atoms with Gasteiger partial charge in [-0.3, -0.25) is 9.59 Å². The van der Waals surface area contributed by atoms with E-state index in [1.807, 2.05) is 0 Å². The van der Waals surface area contributed by atoms with Crippen molar-refractivity contribution in [2.45, 2.75) is 13.5 Å². The molecule has 0 unspecified atom stereocenters. The largest absolute Gasteiger partial charge is 0.443 e. The Hall–Kier alpha value is -3.37. The smallest absolute Gasteiger partial charge is 0.279 e. The SMILES string of the molecule is CC(=O)c1csc(Cn2ncc(NC(=O)c3ncoc3-c3cccc(Cl)c3)n2)n1. The summed E-state index contributed by atoms with van der Waals surface area (Å²) in [6, 6.07) is 6.92. The van der Waals surface area contributed by atoms with Gasteiger partial charge in [-0.15, -0.1) is 16.4 Å². The van der Waals surface area contributed by atoms with Gasteiger partial charge in [0.05, 0.1) is 6.20 Å². The van der Waals surface area contributed by atoms with Crippen LogP contribution in [-0.2, 0) is 6.54 Å². The summed E-state index contributed by atoms with van der Waals surface area (Å²) in [6.45, 7) is 1.74. The van der Waals surface area contributed by atoms with E-state index in [-0.39, 0.29) is 23.8 Å². The molecule has 3 heterocycles. The van der Waals surface area contributed by atoms with Crippen LogP contribution in [0, 0.1) is 0 Å². The Bertz CT molecular complexity index is 1200. The molecule has 0 aliphatic rings.